The SMILES string of the molecule is CC[C@@H](C)[C@H](NC(=O)[C@@H](Cc1ccccc1)n1c(=O)[nH]c2ccccc2c1=O)C(=O)N[C@@H](Cc1ccccc1)C(=O)O. The molecule has 4 rings (SSSR count). The highest BCUT2D eigenvalue weighted by atomic mass is 16.4. The molecule has 1 aromatic heterocycles. The van der Waals surface area contributed by atoms with Crippen molar-refractivity contribution in [3.8, 4) is 0 Å². The molecule has 3 aromatic carbocycles. The van der Waals surface area contributed by atoms with Crippen molar-refractivity contribution in [2.45, 2.75) is 51.2 Å². The Balaban J connectivity index is 1.67. The van der Waals surface area contributed by atoms with Crippen LogP contribution in [0.3, 0.4) is 0 Å². The molecule has 0 unspecified atom stereocenters. The van der Waals surface area contributed by atoms with Crippen LogP contribution < -0.4 is 21.9 Å². The summed E-state index contributed by atoms with van der Waals surface area (Å²) in [5, 5.41) is 15.4. The van der Waals surface area contributed by atoms with Crippen LogP contribution in [0.25, 0.3) is 10.9 Å². The molecule has 218 valence electrons. The van der Waals surface area contributed by atoms with E-state index in [-0.39, 0.29) is 24.1 Å². The van der Waals surface area contributed by atoms with Gasteiger partial charge in [-0.2, -0.15) is 0 Å². The third-order valence-corrected chi connectivity index (χ3v) is 7.41. The van der Waals surface area contributed by atoms with E-state index < -0.39 is 47.2 Å². The summed E-state index contributed by atoms with van der Waals surface area (Å²) in [7, 11) is 0. The largest absolute Gasteiger partial charge is 0.480 e. The molecule has 0 saturated heterocycles. The van der Waals surface area contributed by atoms with Crippen molar-refractivity contribution in [2.24, 2.45) is 5.92 Å². The van der Waals surface area contributed by atoms with Crippen LogP contribution in [0.5, 0.6) is 0 Å². The maximum absolute atomic E-state index is 13.9. The molecule has 4 aromatic rings. The minimum atomic E-state index is -1.28. The predicted molar refractivity (Wildman–Crippen MR) is 159 cm³/mol. The second kappa shape index (κ2) is 13.6. The number of para-hydroxylation sites is 1. The third-order valence-electron chi connectivity index (χ3n) is 7.41. The lowest BCUT2D eigenvalue weighted by molar-refractivity contribution is -0.142. The van der Waals surface area contributed by atoms with Crippen LogP contribution >= 0.6 is 0 Å². The maximum Gasteiger partial charge on any atom is 0.329 e. The van der Waals surface area contributed by atoms with Crippen LogP contribution in [0.15, 0.2) is 94.5 Å². The summed E-state index contributed by atoms with van der Waals surface area (Å²) in [6.45, 7) is 3.61. The van der Waals surface area contributed by atoms with Crippen molar-refractivity contribution < 1.29 is 19.5 Å². The molecule has 0 fully saturated rings. The number of rotatable bonds is 12. The minimum absolute atomic E-state index is 0.00854. The van der Waals surface area contributed by atoms with Crippen LogP contribution in [-0.4, -0.2) is 44.5 Å². The predicted octanol–water partition coefficient (Wildman–Crippen LogP) is 2.82. The van der Waals surface area contributed by atoms with Crippen LogP contribution in [0.2, 0.25) is 0 Å². The van der Waals surface area contributed by atoms with Gasteiger partial charge in [-0.15, -0.1) is 0 Å². The van der Waals surface area contributed by atoms with E-state index in [1.807, 2.05) is 19.1 Å². The average molecular weight is 571 g/mol. The van der Waals surface area contributed by atoms with Gasteiger partial charge >= 0.3 is 11.7 Å². The van der Waals surface area contributed by atoms with Crippen molar-refractivity contribution in [1.29, 1.82) is 0 Å². The number of nitrogens with one attached hydrogen (secondary N) is 3. The van der Waals surface area contributed by atoms with E-state index in [4.69, 9.17) is 0 Å². The lowest BCUT2D eigenvalue weighted by Crippen LogP contribution is -2.56. The van der Waals surface area contributed by atoms with Crippen molar-refractivity contribution in [3.05, 3.63) is 117 Å². The highest BCUT2D eigenvalue weighted by Gasteiger charge is 2.33. The molecule has 0 aliphatic rings. The molecule has 10 nitrogen and oxygen atoms in total. The second-order valence-electron chi connectivity index (χ2n) is 10.3. The summed E-state index contributed by atoms with van der Waals surface area (Å²) in [4.78, 5) is 68.8. The molecule has 0 aliphatic heterocycles. The van der Waals surface area contributed by atoms with Gasteiger partial charge in [-0.3, -0.25) is 14.4 Å². The van der Waals surface area contributed by atoms with E-state index in [9.17, 15) is 29.1 Å². The second-order valence-corrected chi connectivity index (χ2v) is 10.3. The number of hydrogen-bond donors (Lipinski definition) is 4. The van der Waals surface area contributed by atoms with Gasteiger partial charge in [-0.1, -0.05) is 93.1 Å². The summed E-state index contributed by atoms with van der Waals surface area (Å²) < 4.78 is 0.881. The first-order valence-electron chi connectivity index (χ1n) is 13.8. The van der Waals surface area contributed by atoms with Gasteiger partial charge < -0.3 is 20.7 Å². The van der Waals surface area contributed by atoms with Crippen LogP contribution in [-0.2, 0) is 27.2 Å². The van der Waals surface area contributed by atoms with Gasteiger partial charge in [0.15, 0.2) is 0 Å². The van der Waals surface area contributed by atoms with Crippen molar-refractivity contribution in [1.82, 2.24) is 20.2 Å². The Morgan fingerprint density at radius 1 is 0.810 bits per heavy atom. The van der Waals surface area contributed by atoms with Gasteiger partial charge in [-0.25, -0.2) is 14.2 Å². The number of aromatic nitrogens is 2. The number of amides is 2. The molecule has 4 N–H and O–H groups in total. The van der Waals surface area contributed by atoms with Crippen LogP contribution in [0.4, 0.5) is 0 Å². The van der Waals surface area contributed by atoms with E-state index >= 15 is 0 Å². The number of fused-ring (bicyclic) bond motifs is 1. The Labute approximate surface area is 242 Å². The van der Waals surface area contributed by atoms with Crippen molar-refractivity contribution in [3.63, 3.8) is 0 Å². The summed E-state index contributed by atoms with van der Waals surface area (Å²) in [6, 6.07) is 20.7. The molecule has 2 amide bonds. The first kappa shape index (κ1) is 30.0. The number of aromatic amines is 1. The zero-order chi connectivity index (χ0) is 30.2. The molecule has 1 heterocycles. The Bertz CT molecular complexity index is 1670. The number of hydrogen-bond acceptors (Lipinski definition) is 5. The number of aliphatic carboxylic acids is 1. The number of nitrogens with zero attached hydrogens (tertiary/aromatic N) is 1. The van der Waals surface area contributed by atoms with Gasteiger partial charge in [0.25, 0.3) is 5.56 Å². The molecule has 42 heavy (non-hydrogen) atoms. The lowest BCUT2D eigenvalue weighted by Gasteiger charge is -2.28. The van der Waals surface area contributed by atoms with E-state index in [2.05, 4.69) is 15.6 Å². The van der Waals surface area contributed by atoms with Crippen LogP contribution in [0.1, 0.15) is 37.4 Å². The zero-order valence-corrected chi connectivity index (χ0v) is 23.4. The molecule has 0 aliphatic carbocycles. The van der Waals surface area contributed by atoms with Crippen molar-refractivity contribution >= 4 is 28.7 Å². The molecule has 10 heteroatoms. The quantitative estimate of drug-likeness (QED) is 0.206. The molecular formula is C32H34N4O6. The Morgan fingerprint density at radius 3 is 1.98 bits per heavy atom. The molecule has 0 radical (unpaired) electrons. The summed E-state index contributed by atoms with van der Waals surface area (Å²) in [5.41, 5.74) is 0.386. The number of carbonyl (C=O) groups excluding carboxylic acids is 2. The van der Waals surface area contributed by atoms with E-state index in [1.165, 1.54) is 0 Å². The Morgan fingerprint density at radius 2 is 1.38 bits per heavy atom. The first-order valence-corrected chi connectivity index (χ1v) is 13.8. The van der Waals surface area contributed by atoms with Gasteiger partial charge in [0.05, 0.1) is 10.9 Å². The Hall–Kier alpha value is -4.99. The van der Waals surface area contributed by atoms with Gasteiger partial charge in [-0.05, 0) is 29.2 Å². The fourth-order valence-corrected chi connectivity index (χ4v) is 4.86. The molecule has 0 saturated carbocycles. The van der Waals surface area contributed by atoms with E-state index in [0.717, 1.165) is 10.1 Å². The minimum Gasteiger partial charge on any atom is -0.480 e. The molecule has 0 bridgehead atoms. The first-order chi connectivity index (χ1) is 20.2. The van der Waals surface area contributed by atoms with Gasteiger partial charge in [0.1, 0.15) is 18.1 Å². The number of carboxylic acid groups (broad SMARTS) is 1. The number of carbonyl (C=O) groups is 3. The molecule has 0 spiro atoms. The van der Waals surface area contributed by atoms with Gasteiger partial charge in [0, 0.05) is 12.8 Å². The summed E-state index contributed by atoms with van der Waals surface area (Å²) in [6.07, 6.45) is 0.560. The fourth-order valence-electron chi connectivity index (χ4n) is 4.86. The number of carboxylic acids is 1. The normalized spacial score (nSPS) is 14.0. The summed E-state index contributed by atoms with van der Waals surface area (Å²) in [5.74, 6) is -2.97. The smallest absolute Gasteiger partial charge is 0.329 e. The number of H-pyrrole nitrogens is 1. The standard InChI is InChI=1S/C32H34N4O6/c1-3-20(2)27(29(38)33-25(31(40)41)18-21-12-6-4-7-13-21)35-28(37)26(19-22-14-8-5-9-15-22)36-30(39)23-16-10-11-17-24(23)34-32(36)42/h4-17,20,25-27H,3,18-19H2,1-2H3,(H,33,38)(H,34,42)(H,35,37)(H,40,41)/t20-,25+,26-,27+/m1/s1. The number of benzene rings is 3. The zero-order valence-electron chi connectivity index (χ0n) is 23.4. The average Bonchev–Trinajstić information content (AvgIpc) is 2.99. The monoisotopic (exact) mass is 570 g/mol. The van der Waals surface area contributed by atoms with E-state index in [0.29, 0.717) is 17.5 Å². The highest BCUT2D eigenvalue weighted by molar-refractivity contribution is 5.92. The molecular weight excluding hydrogens is 536 g/mol. The summed E-state index contributed by atoms with van der Waals surface area (Å²) >= 11 is 0. The Kier molecular flexibility index (Phi) is 9.69. The highest BCUT2D eigenvalue weighted by Crippen LogP contribution is 2.16. The topological polar surface area (TPSA) is 150 Å². The molecule has 4 atom stereocenters. The van der Waals surface area contributed by atoms with Crippen molar-refractivity contribution in [2.75, 3.05) is 0 Å². The lowest BCUT2D eigenvalue weighted by atomic mass is 9.96. The maximum atomic E-state index is 13.9. The van der Waals surface area contributed by atoms with Crippen LogP contribution in [0, 0.1) is 5.92 Å². The van der Waals surface area contributed by atoms with Gasteiger partial charge in [0.2, 0.25) is 11.8 Å². The fraction of sp³-hybridized carbons (Fsp3) is 0.281. The third kappa shape index (κ3) is 7.01. The van der Waals surface area contributed by atoms with E-state index in [1.54, 1.807) is 79.7 Å².